The first kappa shape index (κ1) is 18.5. The number of halogens is 1. The molecule has 1 aromatic heterocycles. The van der Waals surface area contributed by atoms with Gasteiger partial charge in [-0.2, -0.15) is 0 Å². The molecule has 7 nitrogen and oxygen atoms in total. The summed E-state index contributed by atoms with van der Waals surface area (Å²) in [6.45, 7) is 0.112. The summed E-state index contributed by atoms with van der Waals surface area (Å²) in [6.07, 6.45) is 0.375. The van der Waals surface area contributed by atoms with Crippen LogP contribution >= 0.6 is 0 Å². The van der Waals surface area contributed by atoms with E-state index in [-0.39, 0.29) is 47.4 Å². The Bertz CT molecular complexity index is 996. The molecule has 2 N–H and O–H groups in total. The number of phenols is 1. The highest BCUT2D eigenvalue weighted by molar-refractivity contribution is 5.88. The number of aliphatic hydroxyl groups excluding tert-OH is 1. The Morgan fingerprint density at radius 2 is 1.93 bits per heavy atom. The maximum absolute atomic E-state index is 13.0. The van der Waals surface area contributed by atoms with Crippen LogP contribution in [-0.4, -0.2) is 30.5 Å². The van der Waals surface area contributed by atoms with E-state index in [0.29, 0.717) is 6.42 Å². The normalized spacial score (nSPS) is 10.8. The van der Waals surface area contributed by atoms with Gasteiger partial charge in [0.05, 0.1) is 19.8 Å². The fraction of sp³-hybridized carbons (Fsp3) is 0.211. The van der Waals surface area contributed by atoms with Gasteiger partial charge in [-0.05, 0) is 24.3 Å². The summed E-state index contributed by atoms with van der Waals surface area (Å²) in [5.74, 6) is -0.570. The summed E-state index contributed by atoms with van der Waals surface area (Å²) in [5, 5.41) is 19.2. The first-order valence-corrected chi connectivity index (χ1v) is 8.08. The minimum atomic E-state index is -0.550. The zero-order valence-electron chi connectivity index (χ0n) is 14.4. The quantitative estimate of drug-likeness (QED) is 0.611. The molecule has 142 valence electrons. The molecule has 3 aromatic rings. The topological polar surface area (TPSA) is 98.4 Å². The number of fused-ring (bicyclic) bond motifs is 1. The van der Waals surface area contributed by atoms with Gasteiger partial charge >= 0.3 is 0 Å². The molecule has 1 heterocycles. The Morgan fingerprint density at radius 1 is 1.19 bits per heavy atom. The van der Waals surface area contributed by atoms with Gasteiger partial charge in [0.25, 0.3) is 5.95 Å². The van der Waals surface area contributed by atoms with Gasteiger partial charge in [-0.15, -0.1) is 0 Å². The fourth-order valence-corrected chi connectivity index (χ4v) is 2.46. The minimum Gasteiger partial charge on any atom is -0.504 e. The smallest absolute Gasteiger partial charge is 0.294 e. The lowest BCUT2D eigenvalue weighted by molar-refractivity contribution is 0.226. The Morgan fingerprint density at radius 3 is 2.59 bits per heavy atom. The summed E-state index contributed by atoms with van der Waals surface area (Å²) < 4.78 is 34.6. The predicted octanol–water partition coefficient (Wildman–Crippen LogP) is 3.20. The highest BCUT2D eigenvalue weighted by Crippen LogP contribution is 2.42. The van der Waals surface area contributed by atoms with E-state index in [9.17, 15) is 14.3 Å². The number of hydrogen-bond acceptors (Lipinski definition) is 7. The first-order chi connectivity index (χ1) is 13.0. The molecule has 0 radical (unpaired) electrons. The third-order valence-corrected chi connectivity index (χ3v) is 3.69. The molecule has 0 saturated heterocycles. The van der Waals surface area contributed by atoms with E-state index in [0.717, 1.165) is 6.07 Å². The monoisotopic (exact) mass is 376 g/mol. The SMILES string of the molecule is COc1c(OCCCO)cc2oc(Oc3ccc(F)cc3)cc(=O)c2c1O. The van der Waals surface area contributed by atoms with Gasteiger partial charge in [0.15, 0.2) is 11.5 Å². The third-order valence-electron chi connectivity index (χ3n) is 3.69. The van der Waals surface area contributed by atoms with Gasteiger partial charge in [-0.25, -0.2) is 4.39 Å². The lowest BCUT2D eigenvalue weighted by Crippen LogP contribution is -2.05. The van der Waals surface area contributed by atoms with Crippen LogP contribution in [0.15, 0.2) is 45.6 Å². The van der Waals surface area contributed by atoms with Crippen LogP contribution in [0.3, 0.4) is 0 Å². The molecule has 0 aliphatic carbocycles. The van der Waals surface area contributed by atoms with Gasteiger partial charge in [0.2, 0.25) is 11.2 Å². The Hall–Kier alpha value is -3.26. The number of rotatable bonds is 7. The van der Waals surface area contributed by atoms with Crippen LogP contribution in [-0.2, 0) is 0 Å². The van der Waals surface area contributed by atoms with Gasteiger partial charge in [-0.3, -0.25) is 4.79 Å². The molecule has 0 amide bonds. The van der Waals surface area contributed by atoms with Crippen molar-refractivity contribution in [3.8, 4) is 28.9 Å². The Labute approximate surface area is 153 Å². The number of phenolic OH excluding ortho intramolecular Hbond substituents is 1. The van der Waals surface area contributed by atoms with Crippen molar-refractivity contribution < 1.29 is 33.2 Å². The molecule has 2 aromatic carbocycles. The first-order valence-electron chi connectivity index (χ1n) is 8.08. The maximum atomic E-state index is 13.0. The summed E-state index contributed by atoms with van der Waals surface area (Å²) in [5.41, 5.74) is -0.525. The average molecular weight is 376 g/mol. The molecule has 0 aliphatic rings. The van der Waals surface area contributed by atoms with Crippen LogP contribution in [0.1, 0.15) is 6.42 Å². The van der Waals surface area contributed by atoms with Crippen molar-refractivity contribution in [2.45, 2.75) is 6.42 Å². The lowest BCUT2D eigenvalue weighted by atomic mass is 10.2. The van der Waals surface area contributed by atoms with Crippen molar-refractivity contribution in [1.82, 2.24) is 0 Å². The molecule has 0 saturated carbocycles. The molecule has 0 aliphatic heterocycles. The number of ether oxygens (including phenoxy) is 3. The largest absolute Gasteiger partial charge is 0.504 e. The Kier molecular flexibility index (Phi) is 5.46. The molecule has 0 fully saturated rings. The zero-order chi connectivity index (χ0) is 19.4. The molecule has 0 unspecified atom stereocenters. The molecule has 0 atom stereocenters. The van der Waals surface area contributed by atoms with Crippen molar-refractivity contribution in [2.75, 3.05) is 20.3 Å². The standard InChI is InChI=1S/C19H17FO7/c1-24-19-15(25-8-2-7-21)10-14-17(18(19)23)13(22)9-16(27-14)26-12-5-3-11(20)4-6-12/h3-6,9-10,21,23H,2,7-8H2,1H3. The summed E-state index contributed by atoms with van der Waals surface area (Å²) >= 11 is 0. The van der Waals surface area contributed by atoms with Crippen molar-refractivity contribution in [3.05, 3.63) is 52.4 Å². The van der Waals surface area contributed by atoms with Gasteiger partial charge < -0.3 is 28.8 Å². The molecule has 0 spiro atoms. The van der Waals surface area contributed by atoms with Gasteiger partial charge in [-0.1, -0.05) is 0 Å². The molecule has 27 heavy (non-hydrogen) atoms. The van der Waals surface area contributed by atoms with E-state index in [1.165, 1.54) is 37.4 Å². The molecule has 0 bridgehead atoms. The minimum absolute atomic E-state index is 0.0139. The summed E-state index contributed by atoms with van der Waals surface area (Å²) in [7, 11) is 1.33. The second-order valence-electron chi connectivity index (χ2n) is 5.54. The molecule has 8 heteroatoms. The highest BCUT2D eigenvalue weighted by Gasteiger charge is 2.20. The van der Waals surface area contributed by atoms with Crippen molar-refractivity contribution in [2.24, 2.45) is 0 Å². The van der Waals surface area contributed by atoms with E-state index < -0.39 is 17.0 Å². The number of hydrogen-bond donors (Lipinski definition) is 2. The fourth-order valence-electron chi connectivity index (χ4n) is 2.46. The third kappa shape index (κ3) is 3.95. The molecular weight excluding hydrogens is 359 g/mol. The van der Waals surface area contributed by atoms with E-state index in [2.05, 4.69) is 0 Å². The van der Waals surface area contributed by atoms with E-state index in [4.69, 9.17) is 23.7 Å². The van der Waals surface area contributed by atoms with Crippen LogP contribution in [0.4, 0.5) is 4.39 Å². The van der Waals surface area contributed by atoms with Gasteiger partial charge in [0, 0.05) is 19.1 Å². The van der Waals surface area contributed by atoms with E-state index in [1.54, 1.807) is 0 Å². The molecular formula is C19H17FO7. The average Bonchev–Trinajstić information content (AvgIpc) is 2.63. The number of methoxy groups -OCH3 is 1. The van der Waals surface area contributed by atoms with Crippen molar-refractivity contribution >= 4 is 11.0 Å². The van der Waals surface area contributed by atoms with Crippen LogP contribution < -0.4 is 19.6 Å². The number of aliphatic hydroxyl groups is 1. The highest BCUT2D eigenvalue weighted by atomic mass is 19.1. The summed E-state index contributed by atoms with van der Waals surface area (Å²) in [4.78, 5) is 12.4. The van der Waals surface area contributed by atoms with E-state index >= 15 is 0 Å². The maximum Gasteiger partial charge on any atom is 0.294 e. The zero-order valence-corrected chi connectivity index (χ0v) is 14.4. The van der Waals surface area contributed by atoms with Crippen molar-refractivity contribution in [1.29, 1.82) is 0 Å². The van der Waals surface area contributed by atoms with Crippen molar-refractivity contribution in [3.63, 3.8) is 0 Å². The lowest BCUT2D eigenvalue weighted by Gasteiger charge is -2.13. The Balaban J connectivity index is 2.04. The van der Waals surface area contributed by atoms with Crippen LogP contribution in [0.5, 0.6) is 28.9 Å². The molecule has 3 rings (SSSR count). The number of aromatic hydroxyl groups is 1. The second kappa shape index (κ2) is 7.96. The van der Waals surface area contributed by atoms with Gasteiger partial charge in [0.1, 0.15) is 22.5 Å². The number of benzene rings is 2. The summed E-state index contributed by atoms with van der Waals surface area (Å²) in [6, 6.07) is 7.64. The van der Waals surface area contributed by atoms with Crippen LogP contribution in [0.2, 0.25) is 0 Å². The van der Waals surface area contributed by atoms with Crippen LogP contribution in [0, 0.1) is 5.82 Å². The van der Waals surface area contributed by atoms with Crippen LogP contribution in [0.25, 0.3) is 11.0 Å². The predicted molar refractivity (Wildman–Crippen MR) is 94.4 cm³/mol. The second-order valence-corrected chi connectivity index (χ2v) is 5.54. The van der Waals surface area contributed by atoms with E-state index in [1.807, 2.05) is 0 Å².